The minimum Gasteiger partial charge on any atom is -0.395 e. The zero-order chi connectivity index (χ0) is 14.2. The Morgan fingerprint density at radius 2 is 2.05 bits per heavy atom. The maximum absolute atomic E-state index is 8.78. The molecule has 2 nitrogen and oxygen atoms in total. The molecule has 20 heavy (non-hydrogen) atoms. The van der Waals surface area contributed by atoms with E-state index in [0.29, 0.717) is 6.42 Å². The summed E-state index contributed by atoms with van der Waals surface area (Å²) in [7, 11) is 0. The van der Waals surface area contributed by atoms with Crippen molar-refractivity contribution in [3.05, 3.63) is 58.2 Å². The number of rotatable bonds is 4. The van der Waals surface area contributed by atoms with Crippen LogP contribution < -0.4 is 0 Å². The number of aliphatic hydroxyl groups excluding tert-OH is 1. The van der Waals surface area contributed by atoms with Crippen molar-refractivity contribution in [3.63, 3.8) is 0 Å². The molecule has 0 spiro atoms. The lowest BCUT2D eigenvalue weighted by Crippen LogP contribution is -1.89. The number of halogens is 1. The van der Waals surface area contributed by atoms with Crippen molar-refractivity contribution < 1.29 is 5.11 Å². The molecule has 0 atom stereocenters. The fourth-order valence-electron chi connectivity index (χ4n) is 1.61. The van der Waals surface area contributed by atoms with E-state index in [-0.39, 0.29) is 6.61 Å². The lowest BCUT2D eigenvalue weighted by molar-refractivity contribution is 0.305. The van der Waals surface area contributed by atoms with Gasteiger partial charge in [-0.05, 0) is 39.7 Å². The summed E-state index contributed by atoms with van der Waals surface area (Å²) in [4.78, 5) is 4.35. The molecule has 0 aliphatic heterocycles. The van der Waals surface area contributed by atoms with Crippen LogP contribution in [-0.2, 0) is 5.75 Å². The van der Waals surface area contributed by atoms with Gasteiger partial charge in [0.1, 0.15) is 5.03 Å². The second-order valence-corrected chi connectivity index (χ2v) is 5.83. The van der Waals surface area contributed by atoms with Crippen molar-refractivity contribution in [1.82, 2.24) is 4.98 Å². The molecule has 102 valence electrons. The predicted molar refractivity (Wildman–Crippen MR) is 86.5 cm³/mol. The van der Waals surface area contributed by atoms with Crippen LogP contribution in [-0.4, -0.2) is 16.7 Å². The quantitative estimate of drug-likeness (QED) is 0.673. The Balaban J connectivity index is 2.10. The Bertz CT molecular complexity index is 634. The highest BCUT2D eigenvalue weighted by Crippen LogP contribution is 2.28. The van der Waals surface area contributed by atoms with Gasteiger partial charge in [0, 0.05) is 28.4 Å². The van der Waals surface area contributed by atoms with E-state index in [0.717, 1.165) is 20.8 Å². The SMILES string of the molecule is OCCC#Cc1ccccc1CSc1ncccc1Br. The first-order chi connectivity index (χ1) is 9.81. The maximum atomic E-state index is 8.78. The third-order valence-electron chi connectivity index (χ3n) is 2.57. The van der Waals surface area contributed by atoms with Gasteiger partial charge in [0.25, 0.3) is 0 Å². The fourth-order valence-corrected chi connectivity index (χ4v) is 3.09. The molecule has 2 aromatic rings. The Hall–Kier alpha value is -1.28. The molecule has 0 radical (unpaired) electrons. The second kappa shape index (κ2) is 8.11. The van der Waals surface area contributed by atoms with E-state index < -0.39 is 0 Å². The lowest BCUT2D eigenvalue weighted by atomic mass is 10.1. The third kappa shape index (κ3) is 4.38. The molecule has 0 saturated carbocycles. The first-order valence-electron chi connectivity index (χ1n) is 6.22. The molecular formula is C16H14BrNOS. The summed E-state index contributed by atoms with van der Waals surface area (Å²) in [5, 5.41) is 9.75. The number of pyridine rings is 1. The summed E-state index contributed by atoms with van der Waals surface area (Å²) in [6.45, 7) is 0.102. The molecule has 1 N–H and O–H groups in total. The van der Waals surface area contributed by atoms with Gasteiger partial charge < -0.3 is 5.11 Å². The Kier molecular flexibility index (Phi) is 6.13. The summed E-state index contributed by atoms with van der Waals surface area (Å²) in [6, 6.07) is 12.0. The van der Waals surface area contributed by atoms with Crippen LogP contribution >= 0.6 is 27.7 Å². The monoisotopic (exact) mass is 347 g/mol. The van der Waals surface area contributed by atoms with E-state index in [2.05, 4.69) is 38.8 Å². The number of hydrogen-bond acceptors (Lipinski definition) is 3. The molecule has 0 aliphatic carbocycles. The van der Waals surface area contributed by atoms with Crippen LogP contribution in [0.25, 0.3) is 0 Å². The van der Waals surface area contributed by atoms with Crippen molar-refractivity contribution >= 4 is 27.7 Å². The molecule has 4 heteroatoms. The van der Waals surface area contributed by atoms with Crippen LogP contribution in [0.4, 0.5) is 0 Å². The van der Waals surface area contributed by atoms with Crippen LogP contribution in [0.3, 0.4) is 0 Å². The topological polar surface area (TPSA) is 33.1 Å². The van der Waals surface area contributed by atoms with Gasteiger partial charge in [-0.25, -0.2) is 4.98 Å². The number of aromatic nitrogens is 1. The number of nitrogens with zero attached hydrogens (tertiary/aromatic N) is 1. The second-order valence-electron chi connectivity index (χ2n) is 4.01. The smallest absolute Gasteiger partial charge is 0.110 e. The zero-order valence-electron chi connectivity index (χ0n) is 10.8. The van der Waals surface area contributed by atoms with E-state index in [4.69, 9.17) is 5.11 Å². The van der Waals surface area contributed by atoms with Gasteiger partial charge in [-0.15, -0.1) is 11.8 Å². The third-order valence-corrected chi connectivity index (χ3v) is 4.52. The number of thioether (sulfide) groups is 1. The molecule has 0 amide bonds. The Morgan fingerprint density at radius 1 is 1.20 bits per heavy atom. The van der Waals surface area contributed by atoms with E-state index in [1.54, 1.807) is 18.0 Å². The summed E-state index contributed by atoms with van der Waals surface area (Å²) in [5.74, 6) is 6.90. The van der Waals surface area contributed by atoms with Crippen molar-refractivity contribution in [2.24, 2.45) is 0 Å². The van der Waals surface area contributed by atoms with E-state index in [1.807, 2.05) is 30.3 Å². The standard InChI is InChI=1S/C16H14BrNOS/c17-15-9-5-10-18-16(15)20-12-14-8-2-1-6-13(14)7-3-4-11-19/h1-2,5-6,8-10,19H,4,11-12H2. The Morgan fingerprint density at radius 3 is 2.85 bits per heavy atom. The van der Waals surface area contributed by atoms with Crippen LogP contribution in [0.5, 0.6) is 0 Å². The summed E-state index contributed by atoms with van der Waals surface area (Å²) < 4.78 is 1.01. The number of hydrogen-bond donors (Lipinski definition) is 1. The molecule has 0 unspecified atom stereocenters. The molecule has 0 saturated heterocycles. The molecular weight excluding hydrogens is 334 g/mol. The molecule has 1 aromatic heterocycles. The van der Waals surface area contributed by atoms with Crippen molar-refractivity contribution in [1.29, 1.82) is 0 Å². The van der Waals surface area contributed by atoms with Gasteiger partial charge in [-0.1, -0.05) is 30.0 Å². The normalized spacial score (nSPS) is 9.90. The van der Waals surface area contributed by atoms with E-state index in [1.165, 1.54) is 5.56 Å². The number of aliphatic hydroxyl groups is 1. The summed E-state index contributed by atoms with van der Waals surface area (Å²) in [6.07, 6.45) is 2.30. The van der Waals surface area contributed by atoms with Gasteiger partial charge in [0.05, 0.1) is 6.61 Å². The average molecular weight is 348 g/mol. The van der Waals surface area contributed by atoms with Crippen molar-refractivity contribution in [2.45, 2.75) is 17.2 Å². The molecule has 0 aliphatic rings. The maximum Gasteiger partial charge on any atom is 0.110 e. The fraction of sp³-hybridized carbons (Fsp3) is 0.188. The molecule has 1 aromatic carbocycles. The highest BCUT2D eigenvalue weighted by atomic mass is 79.9. The highest BCUT2D eigenvalue weighted by molar-refractivity contribution is 9.10. The highest BCUT2D eigenvalue weighted by Gasteiger charge is 2.04. The van der Waals surface area contributed by atoms with Gasteiger partial charge in [-0.3, -0.25) is 0 Å². The molecule has 2 rings (SSSR count). The first-order valence-corrected chi connectivity index (χ1v) is 8.00. The van der Waals surface area contributed by atoms with Crippen molar-refractivity contribution in [2.75, 3.05) is 6.61 Å². The van der Waals surface area contributed by atoms with Gasteiger partial charge in [-0.2, -0.15) is 0 Å². The zero-order valence-corrected chi connectivity index (χ0v) is 13.2. The minimum atomic E-state index is 0.102. The van der Waals surface area contributed by atoms with Crippen LogP contribution in [0.1, 0.15) is 17.5 Å². The van der Waals surface area contributed by atoms with Gasteiger partial charge >= 0.3 is 0 Å². The molecule has 1 heterocycles. The van der Waals surface area contributed by atoms with Crippen molar-refractivity contribution in [3.8, 4) is 11.8 Å². The molecule has 0 fully saturated rings. The summed E-state index contributed by atoms with van der Waals surface area (Å²) in [5.41, 5.74) is 2.20. The number of benzene rings is 1. The van der Waals surface area contributed by atoms with E-state index in [9.17, 15) is 0 Å². The van der Waals surface area contributed by atoms with Crippen LogP contribution in [0, 0.1) is 11.8 Å². The average Bonchev–Trinajstić information content (AvgIpc) is 2.48. The largest absolute Gasteiger partial charge is 0.395 e. The predicted octanol–water partition coefficient (Wildman–Crippen LogP) is 3.87. The van der Waals surface area contributed by atoms with Crippen LogP contribution in [0.2, 0.25) is 0 Å². The minimum absolute atomic E-state index is 0.102. The Labute approximate surface area is 131 Å². The van der Waals surface area contributed by atoms with Crippen LogP contribution in [0.15, 0.2) is 52.1 Å². The van der Waals surface area contributed by atoms with Gasteiger partial charge in [0.15, 0.2) is 0 Å². The first kappa shape index (κ1) is 15.1. The lowest BCUT2D eigenvalue weighted by Gasteiger charge is -2.05. The molecule has 0 bridgehead atoms. The summed E-state index contributed by atoms with van der Waals surface area (Å²) >= 11 is 5.18. The van der Waals surface area contributed by atoms with Gasteiger partial charge in [0.2, 0.25) is 0 Å². The van der Waals surface area contributed by atoms with E-state index >= 15 is 0 Å².